The first-order chi connectivity index (χ1) is 18.8. The van der Waals surface area contributed by atoms with Gasteiger partial charge in [0, 0.05) is 24.7 Å². The van der Waals surface area contributed by atoms with Crippen LogP contribution < -0.4 is 16.0 Å². The first-order valence-corrected chi connectivity index (χ1v) is 16.0. The van der Waals surface area contributed by atoms with Crippen LogP contribution in [0.4, 0.5) is 0 Å². The van der Waals surface area contributed by atoms with E-state index in [2.05, 4.69) is 133 Å². The van der Waals surface area contributed by atoms with E-state index in [1.807, 2.05) is 0 Å². The van der Waals surface area contributed by atoms with Gasteiger partial charge in [-0.05, 0) is 35.3 Å². The van der Waals surface area contributed by atoms with Crippen LogP contribution in [-0.2, 0) is 0 Å². The molecule has 3 nitrogen and oxygen atoms in total. The summed E-state index contributed by atoms with van der Waals surface area (Å²) < 4.78 is 2.25. The zero-order chi connectivity index (χ0) is 25.7. The molecule has 2 aliphatic carbocycles. The topological polar surface area (TPSA) is 30.7 Å². The third-order valence-corrected chi connectivity index (χ3v) is 11.6. The SMILES string of the molecule is C[C@@H](C1C=CC=C1SC1CCCCC1)n1nnc(-c2ccccc2)c1P(c1ccccc1)c1ccccc1. The molecule has 0 aliphatic heterocycles. The van der Waals surface area contributed by atoms with Gasteiger partial charge in [-0.25, -0.2) is 4.68 Å². The fourth-order valence-corrected chi connectivity index (χ4v) is 9.71. The summed E-state index contributed by atoms with van der Waals surface area (Å²) >= 11 is 2.11. The highest BCUT2D eigenvalue weighted by molar-refractivity contribution is 8.03. The number of allylic oxidation sites excluding steroid dienone is 4. The number of hydrogen-bond acceptors (Lipinski definition) is 3. The molecule has 3 aromatic carbocycles. The van der Waals surface area contributed by atoms with Gasteiger partial charge in [0.05, 0.1) is 11.5 Å². The second-order valence-corrected chi connectivity index (χ2v) is 13.7. The Bertz CT molecular complexity index is 1350. The van der Waals surface area contributed by atoms with Gasteiger partial charge in [0.25, 0.3) is 0 Å². The molecule has 5 heteroatoms. The smallest absolute Gasteiger partial charge is 0.121 e. The fraction of sp³-hybridized carbons (Fsp3) is 0.273. The molecule has 0 amide bonds. The van der Waals surface area contributed by atoms with E-state index < -0.39 is 7.92 Å². The van der Waals surface area contributed by atoms with Crippen molar-refractivity contribution in [2.24, 2.45) is 5.92 Å². The molecule has 192 valence electrons. The van der Waals surface area contributed by atoms with E-state index in [1.54, 1.807) is 0 Å². The third-order valence-electron chi connectivity index (χ3n) is 7.63. The molecular formula is C33H34N3PS. The summed E-state index contributed by atoms with van der Waals surface area (Å²) in [7, 11) is -0.864. The summed E-state index contributed by atoms with van der Waals surface area (Å²) in [5.41, 5.74) is 3.33. The minimum Gasteiger partial charge on any atom is -0.240 e. The van der Waals surface area contributed by atoms with Crippen LogP contribution in [-0.4, -0.2) is 20.2 Å². The molecule has 38 heavy (non-hydrogen) atoms. The number of thioether (sulfide) groups is 1. The summed E-state index contributed by atoms with van der Waals surface area (Å²) in [5, 5.41) is 13.1. The van der Waals surface area contributed by atoms with Crippen molar-refractivity contribution in [1.29, 1.82) is 0 Å². The second-order valence-electron chi connectivity index (χ2n) is 10.2. The molecule has 1 fully saturated rings. The third kappa shape index (κ3) is 5.30. The van der Waals surface area contributed by atoms with Crippen LogP contribution in [0.5, 0.6) is 0 Å². The van der Waals surface area contributed by atoms with Gasteiger partial charge < -0.3 is 0 Å². The highest BCUT2D eigenvalue weighted by Crippen LogP contribution is 2.44. The molecule has 0 bridgehead atoms. The van der Waals surface area contributed by atoms with Crippen molar-refractivity contribution in [3.63, 3.8) is 0 Å². The Morgan fingerprint density at radius 2 is 1.42 bits per heavy atom. The molecule has 4 aromatic rings. The summed E-state index contributed by atoms with van der Waals surface area (Å²) in [6.07, 6.45) is 13.8. The van der Waals surface area contributed by atoms with Crippen LogP contribution in [0.3, 0.4) is 0 Å². The van der Waals surface area contributed by atoms with Gasteiger partial charge in [-0.2, -0.15) is 0 Å². The van der Waals surface area contributed by atoms with Gasteiger partial charge in [-0.1, -0.05) is 134 Å². The fourth-order valence-electron chi connectivity index (χ4n) is 5.62. The Labute approximate surface area is 231 Å². The van der Waals surface area contributed by atoms with Gasteiger partial charge in [0.15, 0.2) is 0 Å². The standard InChI is InChI=1S/C33H34N3PS/c1-25(30-23-14-24-31(30)38-29-21-12-5-13-22-29)36-33(32(34-35-36)26-15-6-2-7-16-26)37(27-17-8-3-9-18-27)28-19-10-4-11-20-28/h2-4,6-11,14-20,23-25,29-30H,5,12-13,21-22H2,1H3/t25-,30?/m0/s1. The normalized spacial score (nSPS) is 18.6. The molecule has 2 atom stereocenters. The Kier molecular flexibility index (Phi) is 7.90. The van der Waals surface area contributed by atoms with Gasteiger partial charge >= 0.3 is 0 Å². The number of benzene rings is 3. The minimum atomic E-state index is -0.864. The lowest BCUT2D eigenvalue weighted by Gasteiger charge is -2.29. The molecule has 0 saturated heterocycles. The maximum atomic E-state index is 4.90. The predicted octanol–water partition coefficient (Wildman–Crippen LogP) is 7.40. The van der Waals surface area contributed by atoms with Crippen LogP contribution in [0.15, 0.2) is 114 Å². The first-order valence-electron chi connectivity index (χ1n) is 13.8. The number of hydrogen-bond donors (Lipinski definition) is 0. The summed E-state index contributed by atoms with van der Waals surface area (Å²) in [6, 6.07) is 32.6. The lowest BCUT2D eigenvalue weighted by molar-refractivity contribution is 0.429. The van der Waals surface area contributed by atoms with Crippen LogP contribution in [0, 0.1) is 5.92 Å². The number of aromatic nitrogens is 3. The Balaban J connectivity index is 1.45. The highest BCUT2D eigenvalue weighted by Gasteiger charge is 2.33. The quantitative estimate of drug-likeness (QED) is 0.220. The van der Waals surface area contributed by atoms with Gasteiger partial charge in [0.2, 0.25) is 0 Å². The highest BCUT2D eigenvalue weighted by atomic mass is 32.2. The van der Waals surface area contributed by atoms with Crippen molar-refractivity contribution in [1.82, 2.24) is 15.0 Å². The van der Waals surface area contributed by atoms with E-state index in [4.69, 9.17) is 10.3 Å². The molecular weight excluding hydrogens is 501 g/mol. The average Bonchev–Trinajstić information content (AvgIpc) is 3.63. The van der Waals surface area contributed by atoms with Crippen molar-refractivity contribution >= 4 is 35.7 Å². The van der Waals surface area contributed by atoms with E-state index in [-0.39, 0.29) is 6.04 Å². The van der Waals surface area contributed by atoms with Crippen molar-refractivity contribution < 1.29 is 0 Å². The molecule has 1 aromatic heterocycles. The Hall–Kier alpha value is -2.94. The summed E-state index contributed by atoms with van der Waals surface area (Å²) in [4.78, 5) is 1.48. The van der Waals surface area contributed by atoms with Crippen LogP contribution in [0.25, 0.3) is 11.3 Å². The van der Waals surface area contributed by atoms with Crippen molar-refractivity contribution in [2.75, 3.05) is 0 Å². The summed E-state index contributed by atoms with van der Waals surface area (Å²) in [5.74, 6) is 0.314. The minimum absolute atomic E-state index is 0.161. The van der Waals surface area contributed by atoms with E-state index in [0.29, 0.717) is 5.92 Å². The van der Waals surface area contributed by atoms with E-state index in [0.717, 1.165) is 16.5 Å². The molecule has 6 rings (SSSR count). The van der Waals surface area contributed by atoms with Crippen molar-refractivity contribution in [2.45, 2.75) is 50.3 Å². The molecule has 0 spiro atoms. The zero-order valence-corrected chi connectivity index (χ0v) is 23.6. The molecule has 0 N–H and O–H groups in total. The van der Waals surface area contributed by atoms with Crippen LogP contribution in [0.1, 0.15) is 45.1 Å². The maximum Gasteiger partial charge on any atom is 0.121 e. The Morgan fingerprint density at radius 3 is 2.05 bits per heavy atom. The molecule has 0 radical (unpaired) electrons. The zero-order valence-electron chi connectivity index (χ0n) is 21.9. The average molecular weight is 536 g/mol. The number of rotatable bonds is 8. The lowest BCUT2D eigenvalue weighted by atomic mass is 10.0. The first kappa shape index (κ1) is 25.3. The van der Waals surface area contributed by atoms with Crippen LogP contribution >= 0.6 is 19.7 Å². The predicted molar refractivity (Wildman–Crippen MR) is 164 cm³/mol. The molecule has 2 aliphatic rings. The van der Waals surface area contributed by atoms with Crippen molar-refractivity contribution in [3.05, 3.63) is 114 Å². The van der Waals surface area contributed by atoms with Gasteiger partial charge in [0.1, 0.15) is 5.69 Å². The molecule has 1 unspecified atom stereocenters. The number of nitrogens with zero attached hydrogens (tertiary/aromatic N) is 3. The molecule has 1 heterocycles. The largest absolute Gasteiger partial charge is 0.240 e. The monoisotopic (exact) mass is 535 g/mol. The van der Waals surface area contributed by atoms with E-state index in [1.165, 1.54) is 53.1 Å². The second kappa shape index (κ2) is 11.8. The van der Waals surface area contributed by atoms with Gasteiger partial charge in [-0.15, -0.1) is 16.9 Å². The lowest BCUT2D eigenvalue weighted by Crippen LogP contribution is -2.32. The molecule has 1 saturated carbocycles. The van der Waals surface area contributed by atoms with Crippen molar-refractivity contribution in [3.8, 4) is 11.3 Å². The maximum absolute atomic E-state index is 4.90. The van der Waals surface area contributed by atoms with E-state index in [9.17, 15) is 0 Å². The van der Waals surface area contributed by atoms with Gasteiger partial charge in [-0.3, -0.25) is 0 Å². The van der Waals surface area contributed by atoms with E-state index >= 15 is 0 Å². The Morgan fingerprint density at radius 1 is 0.816 bits per heavy atom. The van der Waals surface area contributed by atoms with Crippen LogP contribution in [0.2, 0.25) is 0 Å². The summed E-state index contributed by atoms with van der Waals surface area (Å²) in [6.45, 7) is 2.33.